The minimum absolute atomic E-state index is 0.0871. The van der Waals surface area contributed by atoms with Crippen LogP contribution in [-0.2, 0) is 4.79 Å². The summed E-state index contributed by atoms with van der Waals surface area (Å²) < 4.78 is 0. The Balaban J connectivity index is 2.39. The topological polar surface area (TPSA) is 52.6 Å². The van der Waals surface area contributed by atoms with Crippen LogP contribution in [-0.4, -0.2) is 36.8 Å². The van der Waals surface area contributed by atoms with Crippen molar-refractivity contribution in [3.8, 4) is 0 Å². The zero-order valence-electron chi connectivity index (χ0n) is 10.9. The van der Waals surface area contributed by atoms with Crippen molar-refractivity contribution >= 4 is 11.6 Å². The summed E-state index contributed by atoms with van der Waals surface area (Å²) in [5.74, 6) is -0.0871. The van der Waals surface area contributed by atoms with Crippen molar-refractivity contribution in [1.82, 2.24) is 5.32 Å². The molecule has 0 spiro atoms. The molecule has 1 atom stereocenters. The van der Waals surface area contributed by atoms with Crippen molar-refractivity contribution in [3.05, 3.63) is 29.3 Å². The lowest BCUT2D eigenvalue weighted by Crippen LogP contribution is -2.47. The van der Waals surface area contributed by atoms with E-state index < -0.39 is 6.04 Å². The van der Waals surface area contributed by atoms with Gasteiger partial charge in [0.15, 0.2) is 0 Å². The van der Waals surface area contributed by atoms with E-state index in [1.807, 2.05) is 17.0 Å². The molecule has 1 aromatic rings. The van der Waals surface area contributed by atoms with Crippen LogP contribution in [0.2, 0.25) is 0 Å². The molecule has 1 fully saturated rings. The zero-order valence-corrected chi connectivity index (χ0v) is 10.9. The predicted molar refractivity (Wildman–Crippen MR) is 71.8 cm³/mol. The first-order valence-corrected chi connectivity index (χ1v) is 6.36. The first kappa shape index (κ1) is 12.9. The number of amides is 1. The molecule has 1 saturated heterocycles. The highest BCUT2D eigenvalue weighted by atomic mass is 16.3. The highest BCUT2D eigenvalue weighted by Gasteiger charge is 2.28. The van der Waals surface area contributed by atoms with Gasteiger partial charge in [-0.2, -0.15) is 0 Å². The van der Waals surface area contributed by atoms with Crippen LogP contribution in [0.15, 0.2) is 18.2 Å². The standard InChI is InChI=1S/C14H20N2O2/c1-10-5-3-6-12(11(10)2)16-8-4-7-15-14(18)13(16)9-17/h3,5-6,13,17H,4,7-9H2,1-2H3,(H,15,18). The Labute approximate surface area is 108 Å². The Hall–Kier alpha value is -1.55. The minimum atomic E-state index is -0.479. The summed E-state index contributed by atoms with van der Waals surface area (Å²) in [7, 11) is 0. The third-order valence-electron chi connectivity index (χ3n) is 3.61. The highest BCUT2D eigenvalue weighted by Crippen LogP contribution is 2.25. The van der Waals surface area contributed by atoms with Gasteiger partial charge in [0.05, 0.1) is 6.61 Å². The number of carbonyl (C=O) groups is 1. The van der Waals surface area contributed by atoms with Crippen molar-refractivity contribution in [2.75, 3.05) is 24.6 Å². The molecular formula is C14H20N2O2. The number of aliphatic hydroxyl groups excluding tert-OH is 1. The largest absolute Gasteiger partial charge is 0.394 e. The Morgan fingerprint density at radius 3 is 2.94 bits per heavy atom. The maximum absolute atomic E-state index is 11.9. The van der Waals surface area contributed by atoms with Crippen LogP contribution in [0.4, 0.5) is 5.69 Å². The molecule has 1 heterocycles. The maximum atomic E-state index is 11.9. The smallest absolute Gasteiger partial charge is 0.245 e. The number of anilines is 1. The number of hydrogen-bond donors (Lipinski definition) is 2. The van der Waals surface area contributed by atoms with Crippen LogP contribution in [0, 0.1) is 13.8 Å². The van der Waals surface area contributed by atoms with Crippen molar-refractivity contribution in [3.63, 3.8) is 0 Å². The third-order valence-corrected chi connectivity index (χ3v) is 3.61. The molecule has 4 nitrogen and oxygen atoms in total. The number of benzene rings is 1. The van der Waals surface area contributed by atoms with Gasteiger partial charge < -0.3 is 15.3 Å². The van der Waals surface area contributed by atoms with E-state index in [4.69, 9.17) is 0 Å². The van der Waals surface area contributed by atoms with Crippen LogP contribution in [0.3, 0.4) is 0 Å². The van der Waals surface area contributed by atoms with Gasteiger partial charge in [0.1, 0.15) is 6.04 Å². The zero-order chi connectivity index (χ0) is 13.1. The Morgan fingerprint density at radius 2 is 2.22 bits per heavy atom. The summed E-state index contributed by atoms with van der Waals surface area (Å²) in [4.78, 5) is 13.9. The molecule has 1 aliphatic heterocycles. The lowest BCUT2D eigenvalue weighted by atomic mass is 10.1. The van der Waals surface area contributed by atoms with Crippen molar-refractivity contribution in [1.29, 1.82) is 0 Å². The average molecular weight is 248 g/mol. The SMILES string of the molecule is Cc1cccc(N2CCCNC(=O)C2CO)c1C. The molecule has 0 aliphatic carbocycles. The second-order valence-electron chi connectivity index (χ2n) is 4.76. The Bertz CT molecular complexity index is 445. The van der Waals surface area contributed by atoms with Gasteiger partial charge in [-0.15, -0.1) is 0 Å². The molecule has 98 valence electrons. The monoisotopic (exact) mass is 248 g/mol. The van der Waals surface area contributed by atoms with Crippen LogP contribution >= 0.6 is 0 Å². The molecule has 18 heavy (non-hydrogen) atoms. The van der Waals surface area contributed by atoms with Gasteiger partial charge in [-0.1, -0.05) is 12.1 Å². The van der Waals surface area contributed by atoms with Crippen LogP contribution in [0.1, 0.15) is 17.5 Å². The van der Waals surface area contributed by atoms with Gasteiger partial charge in [0, 0.05) is 18.8 Å². The summed E-state index contributed by atoms with van der Waals surface area (Å²) in [5, 5.41) is 12.3. The molecule has 1 aromatic carbocycles. The molecule has 1 unspecified atom stereocenters. The van der Waals surface area contributed by atoms with E-state index >= 15 is 0 Å². The van der Waals surface area contributed by atoms with Crippen LogP contribution in [0.5, 0.6) is 0 Å². The van der Waals surface area contributed by atoms with Gasteiger partial charge >= 0.3 is 0 Å². The normalized spacial score (nSPS) is 20.5. The van der Waals surface area contributed by atoms with E-state index in [-0.39, 0.29) is 12.5 Å². The number of hydrogen-bond acceptors (Lipinski definition) is 3. The molecule has 2 N–H and O–H groups in total. The summed E-state index contributed by atoms with van der Waals surface area (Å²) in [6.07, 6.45) is 0.898. The number of aliphatic hydroxyl groups is 1. The molecule has 2 rings (SSSR count). The molecule has 1 aliphatic rings. The van der Waals surface area contributed by atoms with E-state index in [1.165, 1.54) is 11.1 Å². The number of aryl methyl sites for hydroxylation is 1. The molecular weight excluding hydrogens is 228 g/mol. The lowest BCUT2D eigenvalue weighted by molar-refractivity contribution is -0.122. The Kier molecular flexibility index (Phi) is 3.87. The van der Waals surface area contributed by atoms with E-state index in [2.05, 4.69) is 25.2 Å². The first-order valence-electron chi connectivity index (χ1n) is 6.36. The molecule has 1 amide bonds. The number of nitrogens with zero attached hydrogens (tertiary/aromatic N) is 1. The second-order valence-corrected chi connectivity index (χ2v) is 4.76. The Morgan fingerprint density at radius 1 is 1.44 bits per heavy atom. The van der Waals surface area contributed by atoms with Crippen molar-refractivity contribution < 1.29 is 9.90 Å². The predicted octanol–water partition coefficient (Wildman–Crippen LogP) is 0.991. The quantitative estimate of drug-likeness (QED) is 0.820. The fourth-order valence-corrected chi connectivity index (χ4v) is 2.39. The molecule has 4 heteroatoms. The van der Waals surface area contributed by atoms with Gasteiger partial charge in [-0.05, 0) is 37.5 Å². The third kappa shape index (κ3) is 2.34. The molecule has 0 radical (unpaired) electrons. The summed E-state index contributed by atoms with van der Waals surface area (Å²) in [6.45, 7) is 5.43. The van der Waals surface area contributed by atoms with Gasteiger partial charge in [-0.3, -0.25) is 4.79 Å². The van der Waals surface area contributed by atoms with E-state index in [9.17, 15) is 9.90 Å². The van der Waals surface area contributed by atoms with Crippen LogP contribution < -0.4 is 10.2 Å². The summed E-state index contributed by atoms with van der Waals surface area (Å²) >= 11 is 0. The van der Waals surface area contributed by atoms with Crippen molar-refractivity contribution in [2.45, 2.75) is 26.3 Å². The maximum Gasteiger partial charge on any atom is 0.245 e. The van der Waals surface area contributed by atoms with Gasteiger partial charge in [-0.25, -0.2) is 0 Å². The van der Waals surface area contributed by atoms with Gasteiger partial charge in [0.2, 0.25) is 5.91 Å². The molecule has 0 aromatic heterocycles. The summed E-state index contributed by atoms with van der Waals surface area (Å²) in [6, 6.07) is 5.59. The van der Waals surface area contributed by atoms with Crippen molar-refractivity contribution in [2.24, 2.45) is 0 Å². The minimum Gasteiger partial charge on any atom is -0.394 e. The second kappa shape index (κ2) is 5.40. The average Bonchev–Trinajstić information content (AvgIpc) is 2.54. The fourth-order valence-electron chi connectivity index (χ4n) is 2.39. The van der Waals surface area contributed by atoms with E-state index in [0.29, 0.717) is 6.54 Å². The van der Waals surface area contributed by atoms with E-state index in [0.717, 1.165) is 18.7 Å². The first-order chi connectivity index (χ1) is 8.65. The highest BCUT2D eigenvalue weighted by molar-refractivity contribution is 5.86. The van der Waals surface area contributed by atoms with Crippen LogP contribution in [0.25, 0.3) is 0 Å². The van der Waals surface area contributed by atoms with Gasteiger partial charge in [0.25, 0.3) is 0 Å². The number of nitrogens with one attached hydrogen (secondary N) is 1. The fraction of sp³-hybridized carbons (Fsp3) is 0.500. The molecule has 0 bridgehead atoms. The summed E-state index contributed by atoms with van der Waals surface area (Å²) in [5.41, 5.74) is 3.42. The lowest BCUT2D eigenvalue weighted by Gasteiger charge is -2.31. The molecule has 0 saturated carbocycles. The number of carbonyl (C=O) groups excluding carboxylic acids is 1. The number of rotatable bonds is 2. The van der Waals surface area contributed by atoms with E-state index in [1.54, 1.807) is 0 Å².